The van der Waals surface area contributed by atoms with Crippen molar-refractivity contribution in [3.63, 3.8) is 0 Å². The minimum absolute atomic E-state index is 0.0403. The number of ether oxygens (including phenoxy) is 1. The number of carbonyl (C=O) groups excluding carboxylic acids is 1. The molecule has 2 unspecified atom stereocenters. The minimum atomic E-state index is -0.512. The van der Waals surface area contributed by atoms with E-state index < -0.39 is 6.04 Å². The van der Waals surface area contributed by atoms with E-state index in [1.807, 2.05) is 17.9 Å². The van der Waals surface area contributed by atoms with Gasteiger partial charge in [-0.15, -0.1) is 0 Å². The molecule has 3 N–H and O–H groups in total. The van der Waals surface area contributed by atoms with E-state index in [4.69, 9.17) is 10.5 Å². The van der Waals surface area contributed by atoms with Gasteiger partial charge in [-0.1, -0.05) is 0 Å². The van der Waals surface area contributed by atoms with Crippen LogP contribution in [0.25, 0.3) is 0 Å². The highest BCUT2D eigenvalue weighted by Crippen LogP contribution is 2.29. The summed E-state index contributed by atoms with van der Waals surface area (Å²) in [5.41, 5.74) is 8.17. The Kier molecular flexibility index (Phi) is 4.55. The Morgan fingerprint density at radius 3 is 3.26 bits per heavy atom. The summed E-state index contributed by atoms with van der Waals surface area (Å²) in [6, 6.07) is -0.472. The van der Waals surface area contributed by atoms with Crippen LogP contribution in [0.15, 0.2) is 6.20 Å². The van der Waals surface area contributed by atoms with Crippen LogP contribution in [0.5, 0.6) is 0 Å². The lowest BCUT2D eigenvalue weighted by atomic mass is 9.92. The Hall–Kier alpha value is -1.40. The van der Waals surface area contributed by atoms with E-state index in [2.05, 4.69) is 10.4 Å². The molecular formula is C13H22N4O2. The first kappa shape index (κ1) is 14.0. The van der Waals surface area contributed by atoms with E-state index in [9.17, 15) is 4.79 Å². The van der Waals surface area contributed by atoms with Crippen molar-refractivity contribution in [1.82, 2.24) is 15.1 Å². The summed E-state index contributed by atoms with van der Waals surface area (Å²) in [5.74, 6) is -0.112. The summed E-state index contributed by atoms with van der Waals surface area (Å²) in [5, 5.41) is 7.29. The second kappa shape index (κ2) is 6.16. The quantitative estimate of drug-likeness (QED) is 0.802. The molecule has 1 amide bonds. The lowest BCUT2D eigenvalue weighted by Gasteiger charge is -2.25. The molecule has 1 aromatic heterocycles. The predicted molar refractivity (Wildman–Crippen MR) is 71.5 cm³/mol. The summed E-state index contributed by atoms with van der Waals surface area (Å²) < 4.78 is 6.83. The fourth-order valence-electron chi connectivity index (χ4n) is 2.51. The molecule has 106 valence electrons. The lowest BCUT2D eigenvalue weighted by molar-refractivity contribution is -0.123. The Bertz CT molecular complexity index is 444. The van der Waals surface area contributed by atoms with Crippen LogP contribution in [0.4, 0.5) is 0 Å². The molecule has 0 saturated heterocycles. The van der Waals surface area contributed by atoms with E-state index in [0.717, 1.165) is 24.8 Å². The average Bonchev–Trinajstić information content (AvgIpc) is 2.79. The monoisotopic (exact) mass is 266 g/mol. The van der Waals surface area contributed by atoms with Gasteiger partial charge in [0.2, 0.25) is 5.91 Å². The van der Waals surface area contributed by atoms with Crippen LogP contribution in [0.3, 0.4) is 0 Å². The zero-order valence-electron chi connectivity index (χ0n) is 11.6. The van der Waals surface area contributed by atoms with Gasteiger partial charge in [0.1, 0.15) is 0 Å². The SMILES string of the molecule is COCCC(N)C(=O)NC1CCCc2c1cnn2C. The van der Waals surface area contributed by atoms with Crippen molar-refractivity contribution in [2.24, 2.45) is 12.8 Å². The molecule has 2 atom stereocenters. The topological polar surface area (TPSA) is 82.2 Å². The molecule has 2 rings (SSSR count). The second-order valence-electron chi connectivity index (χ2n) is 5.01. The zero-order valence-corrected chi connectivity index (χ0v) is 11.6. The van der Waals surface area contributed by atoms with Gasteiger partial charge in [-0.25, -0.2) is 0 Å². The number of hydrogen-bond acceptors (Lipinski definition) is 4. The third kappa shape index (κ3) is 3.13. The number of methoxy groups -OCH3 is 1. The molecular weight excluding hydrogens is 244 g/mol. The Morgan fingerprint density at radius 1 is 1.74 bits per heavy atom. The van der Waals surface area contributed by atoms with Crippen molar-refractivity contribution in [3.8, 4) is 0 Å². The molecule has 19 heavy (non-hydrogen) atoms. The van der Waals surface area contributed by atoms with E-state index in [-0.39, 0.29) is 11.9 Å². The van der Waals surface area contributed by atoms with Crippen molar-refractivity contribution in [2.45, 2.75) is 37.8 Å². The molecule has 0 fully saturated rings. The van der Waals surface area contributed by atoms with E-state index in [1.165, 1.54) is 5.69 Å². The first-order valence-electron chi connectivity index (χ1n) is 6.69. The summed E-state index contributed by atoms with van der Waals surface area (Å²) in [6.07, 6.45) is 5.41. The molecule has 0 bridgehead atoms. The fraction of sp³-hybridized carbons (Fsp3) is 0.692. The van der Waals surface area contributed by atoms with Crippen LogP contribution in [0, 0.1) is 0 Å². The number of aryl methyl sites for hydroxylation is 1. The molecule has 1 aromatic rings. The van der Waals surface area contributed by atoms with Crippen molar-refractivity contribution < 1.29 is 9.53 Å². The van der Waals surface area contributed by atoms with Crippen LogP contribution < -0.4 is 11.1 Å². The van der Waals surface area contributed by atoms with Gasteiger partial charge in [0.05, 0.1) is 18.3 Å². The normalized spacial score (nSPS) is 19.8. The number of carbonyl (C=O) groups is 1. The molecule has 6 nitrogen and oxygen atoms in total. The molecule has 1 aliphatic carbocycles. The van der Waals surface area contributed by atoms with Crippen LogP contribution in [-0.2, 0) is 23.0 Å². The maximum Gasteiger partial charge on any atom is 0.237 e. The number of amides is 1. The summed E-state index contributed by atoms with van der Waals surface area (Å²) in [7, 11) is 3.54. The number of nitrogens with zero attached hydrogens (tertiary/aromatic N) is 2. The van der Waals surface area contributed by atoms with Gasteiger partial charge in [0, 0.05) is 32.0 Å². The molecule has 1 heterocycles. The highest BCUT2D eigenvalue weighted by molar-refractivity contribution is 5.81. The molecule has 0 saturated carbocycles. The summed E-state index contributed by atoms with van der Waals surface area (Å²) in [4.78, 5) is 12.0. The van der Waals surface area contributed by atoms with Crippen LogP contribution in [0.2, 0.25) is 0 Å². The minimum Gasteiger partial charge on any atom is -0.385 e. The maximum atomic E-state index is 12.0. The van der Waals surface area contributed by atoms with Crippen molar-refractivity contribution in [3.05, 3.63) is 17.5 Å². The van der Waals surface area contributed by atoms with Crippen LogP contribution in [-0.4, -0.2) is 35.4 Å². The summed E-state index contributed by atoms with van der Waals surface area (Å²) in [6.45, 7) is 0.497. The Balaban J connectivity index is 1.98. The maximum absolute atomic E-state index is 12.0. The van der Waals surface area contributed by atoms with Crippen molar-refractivity contribution in [1.29, 1.82) is 0 Å². The third-order valence-corrected chi connectivity index (χ3v) is 3.66. The largest absolute Gasteiger partial charge is 0.385 e. The smallest absolute Gasteiger partial charge is 0.237 e. The average molecular weight is 266 g/mol. The van der Waals surface area contributed by atoms with Crippen LogP contribution in [0.1, 0.15) is 36.6 Å². The van der Waals surface area contributed by atoms with Crippen molar-refractivity contribution >= 4 is 5.91 Å². The number of hydrogen-bond donors (Lipinski definition) is 2. The van der Waals surface area contributed by atoms with E-state index >= 15 is 0 Å². The first-order chi connectivity index (χ1) is 9.13. The highest BCUT2D eigenvalue weighted by Gasteiger charge is 2.26. The van der Waals surface area contributed by atoms with Gasteiger partial charge in [-0.2, -0.15) is 5.10 Å². The molecule has 0 aliphatic heterocycles. The van der Waals surface area contributed by atoms with Gasteiger partial charge in [-0.3, -0.25) is 9.48 Å². The van der Waals surface area contributed by atoms with E-state index in [0.29, 0.717) is 13.0 Å². The van der Waals surface area contributed by atoms with Gasteiger partial charge in [-0.05, 0) is 25.7 Å². The van der Waals surface area contributed by atoms with Crippen molar-refractivity contribution in [2.75, 3.05) is 13.7 Å². The molecule has 0 radical (unpaired) electrons. The van der Waals surface area contributed by atoms with E-state index in [1.54, 1.807) is 7.11 Å². The fourth-order valence-corrected chi connectivity index (χ4v) is 2.51. The number of nitrogens with two attached hydrogens (primary N) is 1. The number of fused-ring (bicyclic) bond motifs is 1. The molecule has 6 heteroatoms. The van der Waals surface area contributed by atoms with Gasteiger partial charge >= 0.3 is 0 Å². The zero-order chi connectivity index (χ0) is 13.8. The van der Waals surface area contributed by atoms with Crippen LogP contribution >= 0.6 is 0 Å². The number of aromatic nitrogens is 2. The standard InChI is InChI=1S/C13H22N4O2/c1-17-12-5-3-4-11(9(12)8-15-17)16-13(18)10(14)6-7-19-2/h8,10-11H,3-7,14H2,1-2H3,(H,16,18). The van der Waals surface area contributed by atoms with Gasteiger partial charge in [0.25, 0.3) is 0 Å². The lowest BCUT2D eigenvalue weighted by Crippen LogP contribution is -2.43. The predicted octanol–water partition coefficient (Wildman–Crippen LogP) is 0.278. The molecule has 1 aliphatic rings. The molecule has 0 aromatic carbocycles. The number of nitrogens with one attached hydrogen (secondary N) is 1. The van der Waals surface area contributed by atoms with Gasteiger partial charge in [0.15, 0.2) is 0 Å². The number of rotatable bonds is 5. The first-order valence-corrected chi connectivity index (χ1v) is 6.69. The second-order valence-corrected chi connectivity index (χ2v) is 5.01. The highest BCUT2D eigenvalue weighted by atomic mass is 16.5. The van der Waals surface area contributed by atoms with Gasteiger partial charge < -0.3 is 15.8 Å². The Morgan fingerprint density at radius 2 is 2.53 bits per heavy atom. The summed E-state index contributed by atoms with van der Waals surface area (Å²) >= 11 is 0. The third-order valence-electron chi connectivity index (χ3n) is 3.66. The Labute approximate surface area is 113 Å². The molecule has 0 spiro atoms.